The van der Waals surface area contributed by atoms with E-state index in [4.69, 9.17) is 9.73 Å². The number of rotatable bonds is 5. The molecule has 2 aliphatic rings. The van der Waals surface area contributed by atoms with E-state index >= 15 is 0 Å². The molecular formula is C21H33IN4O2. The number of para-hydroxylation sites is 1. The molecule has 6 nitrogen and oxygen atoms in total. The molecule has 28 heavy (non-hydrogen) atoms. The number of piperidine rings is 1. The number of guanidine groups is 1. The number of halogens is 1. The molecule has 2 N–H and O–H groups in total. The second kappa shape index (κ2) is 10.3. The van der Waals surface area contributed by atoms with Crippen LogP contribution in [0.4, 0.5) is 0 Å². The number of ether oxygens (including phenoxy) is 1. The van der Waals surface area contributed by atoms with Gasteiger partial charge in [0.15, 0.2) is 5.96 Å². The van der Waals surface area contributed by atoms with Gasteiger partial charge in [-0.2, -0.15) is 0 Å². The zero-order chi connectivity index (χ0) is 19.3. The van der Waals surface area contributed by atoms with Crippen LogP contribution >= 0.6 is 24.0 Å². The maximum absolute atomic E-state index is 11.7. The summed E-state index contributed by atoms with van der Waals surface area (Å²) in [6.07, 6.45) is 2.83. The fourth-order valence-electron chi connectivity index (χ4n) is 4.01. The SMILES string of the molecule is CCNC(=NCC(C)Oc1ccccc1C)N1CCCC2(CNC(=O)C2)C1.I. The lowest BCUT2D eigenvalue weighted by atomic mass is 9.79. The van der Waals surface area contributed by atoms with E-state index in [1.54, 1.807) is 0 Å². The number of amides is 1. The minimum absolute atomic E-state index is 0. The maximum Gasteiger partial charge on any atom is 0.220 e. The number of carbonyl (C=O) groups is 1. The first kappa shape index (κ1) is 22.8. The molecule has 1 aromatic carbocycles. The van der Waals surface area contributed by atoms with E-state index in [1.807, 2.05) is 18.2 Å². The Morgan fingerprint density at radius 2 is 2.21 bits per heavy atom. The van der Waals surface area contributed by atoms with Crippen LogP contribution in [0.3, 0.4) is 0 Å². The van der Waals surface area contributed by atoms with Gasteiger partial charge in [0.1, 0.15) is 11.9 Å². The number of benzene rings is 1. The van der Waals surface area contributed by atoms with Crippen LogP contribution < -0.4 is 15.4 Å². The van der Waals surface area contributed by atoms with Crippen molar-refractivity contribution >= 4 is 35.8 Å². The third-order valence-corrected chi connectivity index (χ3v) is 5.41. The van der Waals surface area contributed by atoms with Crippen molar-refractivity contribution in [1.82, 2.24) is 15.5 Å². The summed E-state index contributed by atoms with van der Waals surface area (Å²) in [5, 5.41) is 6.42. The lowest BCUT2D eigenvalue weighted by Crippen LogP contribution is -2.51. The van der Waals surface area contributed by atoms with Gasteiger partial charge in [0, 0.05) is 38.0 Å². The van der Waals surface area contributed by atoms with Gasteiger partial charge in [-0.1, -0.05) is 18.2 Å². The van der Waals surface area contributed by atoms with Gasteiger partial charge >= 0.3 is 0 Å². The first-order chi connectivity index (χ1) is 13.0. The van der Waals surface area contributed by atoms with Crippen LogP contribution in [0.25, 0.3) is 0 Å². The topological polar surface area (TPSA) is 66.0 Å². The van der Waals surface area contributed by atoms with Gasteiger partial charge in [-0.25, -0.2) is 4.99 Å². The third-order valence-electron chi connectivity index (χ3n) is 5.41. The summed E-state index contributed by atoms with van der Waals surface area (Å²) >= 11 is 0. The Kier molecular flexibility index (Phi) is 8.39. The van der Waals surface area contributed by atoms with E-state index in [9.17, 15) is 4.79 Å². The van der Waals surface area contributed by atoms with E-state index in [2.05, 4.69) is 42.4 Å². The Balaban J connectivity index is 0.00000280. The fraction of sp³-hybridized carbons (Fsp3) is 0.619. The lowest BCUT2D eigenvalue weighted by molar-refractivity contribution is -0.119. The van der Waals surface area contributed by atoms with Crippen LogP contribution in [-0.4, -0.2) is 55.6 Å². The number of likely N-dealkylation sites (tertiary alicyclic amines) is 1. The minimum atomic E-state index is -0.00627. The van der Waals surface area contributed by atoms with Crippen molar-refractivity contribution in [2.45, 2.75) is 46.1 Å². The van der Waals surface area contributed by atoms with Gasteiger partial charge in [-0.05, 0) is 45.2 Å². The molecule has 0 aromatic heterocycles. The standard InChI is InChI=1S/C21H32N4O2.HI/c1-4-22-20(23-13-17(3)27-18-9-6-5-8-16(18)2)25-11-7-10-21(15-25)12-19(26)24-14-21;/h5-6,8-9,17H,4,7,10-15H2,1-3H3,(H,22,23)(H,24,26);1H. The van der Waals surface area contributed by atoms with Crippen molar-refractivity contribution in [1.29, 1.82) is 0 Å². The quantitative estimate of drug-likeness (QED) is 0.371. The van der Waals surface area contributed by atoms with Crippen LogP contribution in [0, 0.1) is 12.3 Å². The Morgan fingerprint density at radius 1 is 1.43 bits per heavy atom. The van der Waals surface area contributed by atoms with Crippen LogP contribution in [0.15, 0.2) is 29.3 Å². The largest absolute Gasteiger partial charge is 0.489 e. The Labute approximate surface area is 185 Å². The molecule has 0 bridgehead atoms. The zero-order valence-corrected chi connectivity index (χ0v) is 19.5. The molecule has 1 amide bonds. The number of nitrogens with zero attached hydrogens (tertiary/aromatic N) is 2. The summed E-state index contributed by atoms with van der Waals surface area (Å²) in [4.78, 5) is 18.9. The molecule has 2 unspecified atom stereocenters. The van der Waals surface area contributed by atoms with Crippen LogP contribution in [-0.2, 0) is 4.79 Å². The summed E-state index contributed by atoms with van der Waals surface area (Å²) in [6.45, 7) is 10.3. The van der Waals surface area contributed by atoms with Crippen molar-refractivity contribution in [2.24, 2.45) is 10.4 Å². The third kappa shape index (κ3) is 5.75. The molecule has 7 heteroatoms. The van der Waals surface area contributed by atoms with Crippen LogP contribution in [0.1, 0.15) is 38.7 Å². The Morgan fingerprint density at radius 3 is 2.89 bits per heavy atom. The Hall–Kier alpha value is -1.51. The lowest BCUT2D eigenvalue weighted by Gasteiger charge is -2.40. The first-order valence-electron chi connectivity index (χ1n) is 10.0. The molecule has 3 rings (SSSR count). The number of carbonyl (C=O) groups excluding carboxylic acids is 1. The van der Waals surface area contributed by atoms with Crippen molar-refractivity contribution < 1.29 is 9.53 Å². The molecule has 2 saturated heterocycles. The highest BCUT2D eigenvalue weighted by Crippen LogP contribution is 2.36. The van der Waals surface area contributed by atoms with E-state index < -0.39 is 0 Å². The number of hydrogen-bond donors (Lipinski definition) is 2. The average Bonchev–Trinajstić information content (AvgIpc) is 3.00. The second-order valence-electron chi connectivity index (χ2n) is 7.87. The smallest absolute Gasteiger partial charge is 0.220 e. The fourth-order valence-corrected chi connectivity index (χ4v) is 4.01. The molecular weight excluding hydrogens is 467 g/mol. The van der Waals surface area contributed by atoms with E-state index in [0.717, 1.165) is 56.3 Å². The zero-order valence-electron chi connectivity index (χ0n) is 17.2. The normalized spacial score (nSPS) is 23.2. The number of nitrogens with one attached hydrogen (secondary N) is 2. The van der Waals surface area contributed by atoms with Crippen molar-refractivity contribution in [3.63, 3.8) is 0 Å². The molecule has 2 atom stereocenters. The van der Waals surface area contributed by atoms with Gasteiger partial charge in [-0.3, -0.25) is 4.79 Å². The summed E-state index contributed by atoms with van der Waals surface area (Å²) in [6, 6.07) is 8.06. The molecule has 0 saturated carbocycles. The Bertz CT molecular complexity index is 697. The first-order valence-corrected chi connectivity index (χ1v) is 10.0. The van der Waals surface area contributed by atoms with E-state index in [-0.39, 0.29) is 41.4 Å². The molecule has 0 aliphatic carbocycles. The van der Waals surface area contributed by atoms with E-state index in [1.165, 1.54) is 0 Å². The predicted molar refractivity (Wildman–Crippen MR) is 124 cm³/mol. The minimum Gasteiger partial charge on any atom is -0.489 e. The highest BCUT2D eigenvalue weighted by molar-refractivity contribution is 14.0. The van der Waals surface area contributed by atoms with Crippen molar-refractivity contribution in [3.05, 3.63) is 29.8 Å². The number of aryl methyl sites for hydroxylation is 1. The van der Waals surface area contributed by atoms with Gasteiger partial charge < -0.3 is 20.3 Å². The second-order valence-corrected chi connectivity index (χ2v) is 7.87. The van der Waals surface area contributed by atoms with Gasteiger partial charge in [-0.15, -0.1) is 24.0 Å². The van der Waals surface area contributed by atoms with Crippen molar-refractivity contribution in [2.75, 3.05) is 32.7 Å². The molecule has 2 heterocycles. The van der Waals surface area contributed by atoms with E-state index in [0.29, 0.717) is 13.0 Å². The molecule has 2 fully saturated rings. The van der Waals surface area contributed by atoms with Crippen LogP contribution in [0.2, 0.25) is 0 Å². The summed E-state index contributed by atoms with van der Waals surface area (Å²) in [5.74, 6) is 2.02. The van der Waals surface area contributed by atoms with Gasteiger partial charge in [0.05, 0.1) is 6.54 Å². The predicted octanol–water partition coefficient (Wildman–Crippen LogP) is 2.95. The molecule has 2 aliphatic heterocycles. The summed E-state index contributed by atoms with van der Waals surface area (Å²) < 4.78 is 6.06. The van der Waals surface area contributed by atoms with Gasteiger partial charge in [0.2, 0.25) is 5.91 Å². The van der Waals surface area contributed by atoms with Crippen molar-refractivity contribution in [3.8, 4) is 5.75 Å². The highest BCUT2D eigenvalue weighted by atomic mass is 127. The van der Waals surface area contributed by atoms with Gasteiger partial charge in [0.25, 0.3) is 0 Å². The van der Waals surface area contributed by atoms with Crippen LogP contribution in [0.5, 0.6) is 5.75 Å². The number of hydrogen-bond acceptors (Lipinski definition) is 3. The maximum atomic E-state index is 11.7. The molecule has 0 radical (unpaired) electrons. The highest BCUT2D eigenvalue weighted by Gasteiger charge is 2.42. The molecule has 156 valence electrons. The molecule has 1 spiro atoms. The average molecular weight is 500 g/mol. The number of aliphatic imine (C=N–C) groups is 1. The monoisotopic (exact) mass is 500 g/mol. The summed E-state index contributed by atoms with van der Waals surface area (Å²) in [7, 11) is 0. The molecule has 1 aromatic rings. The summed E-state index contributed by atoms with van der Waals surface area (Å²) in [5.41, 5.74) is 1.20.